The summed E-state index contributed by atoms with van der Waals surface area (Å²) in [7, 11) is -1.94. The summed E-state index contributed by atoms with van der Waals surface area (Å²) < 4.78 is 26.3. The zero-order chi connectivity index (χ0) is 20.1. The fourth-order valence-corrected chi connectivity index (χ4v) is 5.65. The summed E-state index contributed by atoms with van der Waals surface area (Å²) in [6, 6.07) is 10.8. The normalized spacial score (nSPS) is 11.7. The number of nitrogens with zero attached hydrogens (tertiary/aromatic N) is 2. The van der Waals surface area contributed by atoms with E-state index in [2.05, 4.69) is 10.3 Å². The second-order valence-corrected chi connectivity index (χ2v) is 10.5. The van der Waals surface area contributed by atoms with E-state index in [9.17, 15) is 13.2 Å². The van der Waals surface area contributed by atoms with Gasteiger partial charge >= 0.3 is 0 Å². The van der Waals surface area contributed by atoms with Gasteiger partial charge in [-0.25, -0.2) is 17.7 Å². The van der Waals surface area contributed by atoms with Crippen LogP contribution in [0, 0.1) is 6.92 Å². The summed E-state index contributed by atoms with van der Waals surface area (Å²) in [5, 5.41) is 7.58. The molecule has 3 aromatic rings. The lowest BCUT2D eigenvalue weighted by atomic mass is 10.1. The minimum Gasteiger partial charge on any atom is -0.326 e. The van der Waals surface area contributed by atoms with Gasteiger partial charge in [-0.05, 0) is 36.9 Å². The van der Waals surface area contributed by atoms with Crippen LogP contribution in [0.25, 0.3) is 11.3 Å². The maximum absolute atomic E-state index is 12.4. The van der Waals surface area contributed by atoms with Gasteiger partial charge in [0, 0.05) is 36.6 Å². The predicted octanol–water partition coefficient (Wildman–Crippen LogP) is 4.22. The Balaban J connectivity index is 1.52. The van der Waals surface area contributed by atoms with E-state index in [4.69, 9.17) is 0 Å². The van der Waals surface area contributed by atoms with E-state index in [-0.39, 0.29) is 18.9 Å². The number of sulfonamides is 1. The Kier molecular flexibility index (Phi) is 6.61. The van der Waals surface area contributed by atoms with Crippen molar-refractivity contribution in [2.45, 2.75) is 24.0 Å². The Morgan fingerprint density at radius 3 is 2.71 bits per heavy atom. The van der Waals surface area contributed by atoms with Gasteiger partial charge in [0.2, 0.25) is 5.91 Å². The summed E-state index contributed by atoms with van der Waals surface area (Å²) in [5.74, 6) is -0.145. The molecule has 0 aliphatic carbocycles. The van der Waals surface area contributed by atoms with Crippen molar-refractivity contribution in [2.75, 3.05) is 18.9 Å². The Morgan fingerprint density at radius 1 is 1.21 bits per heavy atom. The molecule has 0 saturated carbocycles. The van der Waals surface area contributed by atoms with Crippen LogP contribution >= 0.6 is 22.7 Å². The molecule has 28 heavy (non-hydrogen) atoms. The van der Waals surface area contributed by atoms with Gasteiger partial charge in [-0.2, -0.15) is 0 Å². The molecule has 3 rings (SSSR count). The molecule has 0 atom stereocenters. The maximum Gasteiger partial charge on any atom is 0.252 e. The maximum atomic E-state index is 12.4. The number of amides is 1. The van der Waals surface area contributed by atoms with E-state index in [0.29, 0.717) is 16.3 Å². The van der Waals surface area contributed by atoms with Crippen molar-refractivity contribution in [3.63, 3.8) is 0 Å². The molecular formula is C19H21N3O3S3. The molecule has 0 aliphatic heterocycles. The van der Waals surface area contributed by atoms with Crippen LogP contribution in [0.2, 0.25) is 0 Å². The van der Waals surface area contributed by atoms with E-state index in [0.717, 1.165) is 16.3 Å². The number of thiophene rings is 1. The van der Waals surface area contributed by atoms with Gasteiger partial charge in [0.1, 0.15) is 4.21 Å². The molecule has 0 aliphatic rings. The molecule has 0 radical (unpaired) electrons. The molecule has 1 N–H and O–H groups in total. The van der Waals surface area contributed by atoms with Gasteiger partial charge in [0.25, 0.3) is 10.0 Å². The molecule has 0 saturated heterocycles. The van der Waals surface area contributed by atoms with E-state index in [1.807, 2.05) is 36.6 Å². The van der Waals surface area contributed by atoms with Crippen LogP contribution in [0.5, 0.6) is 0 Å². The number of aromatic nitrogens is 1. The highest BCUT2D eigenvalue weighted by Gasteiger charge is 2.21. The van der Waals surface area contributed by atoms with Crippen LogP contribution in [0.1, 0.15) is 17.8 Å². The Hall–Kier alpha value is -2.07. The number of nitrogens with one attached hydrogen (secondary N) is 1. The molecule has 9 heteroatoms. The quantitative estimate of drug-likeness (QED) is 0.575. The number of aryl methyl sites for hydroxylation is 1. The lowest BCUT2D eigenvalue weighted by Gasteiger charge is -2.15. The van der Waals surface area contributed by atoms with Gasteiger partial charge in [-0.1, -0.05) is 18.2 Å². The van der Waals surface area contributed by atoms with Crippen molar-refractivity contribution < 1.29 is 13.2 Å². The lowest BCUT2D eigenvalue weighted by molar-refractivity contribution is -0.116. The molecule has 2 heterocycles. The number of rotatable bonds is 8. The largest absolute Gasteiger partial charge is 0.326 e. The second kappa shape index (κ2) is 8.95. The molecule has 0 unspecified atom stereocenters. The van der Waals surface area contributed by atoms with Gasteiger partial charge in [-0.3, -0.25) is 4.79 Å². The minimum atomic E-state index is -3.47. The minimum absolute atomic E-state index is 0.145. The SMILES string of the molecule is Cc1nc(-c2cccc(NC(=O)CCCN(C)S(=O)(=O)c3cccs3)c2)cs1. The fraction of sp³-hybridized carbons (Fsp3) is 0.263. The fourth-order valence-electron chi connectivity index (χ4n) is 2.62. The molecule has 1 amide bonds. The third kappa shape index (κ3) is 5.05. The molecule has 1 aromatic carbocycles. The Bertz CT molecular complexity index is 1040. The first kappa shape index (κ1) is 20.7. The average Bonchev–Trinajstić information content (AvgIpc) is 3.34. The summed E-state index contributed by atoms with van der Waals surface area (Å²) in [6.45, 7) is 2.24. The van der Waals surface area contributed by atoms with E-state index >= 15 is 0 Å². The summed E-state index contributed by atoms with van der Waals surface area (Å²) in [5.41, 5.74) is 2.54. The van der Waals surface area contributed by atoms with Crippen molar-refractivity contribution in [1.29, 1.82) is 0 Å². The van der Waals surface area contributed by atoms with Gasteiger partial charge in [-0.15, -0.1) is 22.7 Å². The van der Waals surface area contributed by atoms with Gasteiger partial charge in [0.05, 0.1) is 10.7 Å². The van der Waals surface area contributed by atoms with Crippen LogP contribution in [0.3, 0.4) is 0 Å². The zero-order valence-electron chi connectivity index (χ0n) is 15.6. The first-order valence-electron chi connectivity index (χ1n) is 8.68. The second-order valence-electron chi connectivity index (χ2n) is 6.24. The van der Waals surface area contributed by atoms with Crippen LogP contribution in [0.15, 0.2) is 51.4 Å². The molecule has 0 bridgehead atoms. The highest BCUT2D eigenvalue weighted by Crippen LogP contribution is 2.24. The van der Waals surface area contributed by atoms with Crippen LogP contribution in [0.4, 0.5) is 5.69 Å². The third-order valence-corrected chi connectivity index (χ3v) is 8.10. The van der Waals surface area contributed by atoms with Gasteiger partial charge in [0.15, 0.2) is 0 Å². The average molecular weight is 436 g/mol. The summed E-state index contributed by atoms with van der Waals surface area (Å²) >= 11 is 2.77. The van der Waals surface area contributed by atoms with Crippen molar-refractivity contribution in [3.05, 3.63) is 52.2 Å². The zero-order valence-corrected chi connectivity index (χ0v) is 18.0. The predicted molar refractivity (Wildman–Crippen MR) is 114 cm³/mol. The highest BCUT2D eigenvalue weighted by molar-refractivity contribution is 7.91. The molecule has 6 nitrogen and oxygen atoms in total. The van der Waals surface area contributed by atoms with Crippen molar-refractivity contribution in [1.82, 2.24) is 9.29 Å². The number of carbonyl (C=O) groups excluding carboxylic acids is 1. The topological polar surface area (TPSA) is 79.4 Å². The molecule has 0 fully saturated rings. The first-order chi connectivity index (χ1) is 13.4. The first-order valence-corrected chi connectivity index (χ1v) is 11.9. The summed E-state index contributed by atoms with van der Waals surface area (Å²) in [4.78, 5) is 16.7. The number of hydrogen-bond donors (Lipinski definition) is 1. The van der Waals surface area contributed by atoms with Crippen LogP contribution < -0.4 is 5.32 Å². The van der Waals surface area contributed by atoms with E-state index in [1.54, 1.807) is 28.8 Å². The Labute approximate surface area is 172 Å². The molecule has 2 aromatic heterocycles. The lowest BCUT2D eigenvalue weighted by Crippen LogP contribution is -2.28. The smallest absolute Gasteiger partial charge is 0.252 e. The number of carbonyl (C=O) groups is 1. The van der Waals surface area contributed by atoms with Crippen molar-refractivity contribution in [3.8, 4) is 11.3 Å². The van der Waals surface area contributed by atoms with Crippen LogP contribution in [-0.4, -0.2) is 37.2 Å². The number of hydrogen-bond acceptors (Lipinski definition) is 6. The summed E-state index contributed by atoms with van der Waals surface area (Å²) in [6.07, 6.45) is 0.683. The highest BCUT2D eigenvalue weighted by atomic mass is 32.2. The monoisotopic (exact) mass is 435 g/mol. The van der Waals surface area contributed by atoms with Gasteiger partial charge < -0.3 is 5.32 Å². The van der Waals surface area contributed by atoms with E-state index in [1.165, 1.54) is 22.7 Å². The number of anilines is 1. The Morgan fingerprint density at radius 2 is 2.04 bits per heavy atom. The third-order valence-electron chi connectivity index (χ3n) is 4.10. The number of benzene rings is 1. The van der Waals surface area contributed by atoms with Crippen molar-refractivity contribution >= 4 is 44.3 Å². The standard InChI is InChI=1S/C19H21N3O3S3/c1-14-20-17(13-27-14)15-6-3-7-16(12-15)21-18(23)8-4-10-22(2)28(24,25)19-9-5-11-26-19/h3,5-7,9,11-13H,4,8,10H2,1-2H3,(H,21,23). The van der Waals surface area contributed by atoms with Crippen molar-refractivity contribution in [2.24, 2.45) is 0 Å². The number of thiazole rings is 1. The molecule has 148 valence electrons. The molecule has 0 spiro atoms. The van der Waals surface area contributed by atoms with E-state index < -0.39 is 10.0 Å². The molecular weight excluding hydrogens is 414 g/mol. The van der Waals surface area contributed by atoms with Crippen LogP contribution in [-0.2, 0) is 14.8 Å².